The van der Waals surface area contributed by atoms with E-state index in [0.29, 0.717) is 28.7 Å². The highest BCUT2D eigenvalue weighted by Crippen LogP contribution is 2.25. The minimum atomic E-state index is -0.506. The minimum absolute atomic E-state index is 0.190. The first-order chi connectivity index (χ1) is 8.50. The van der Waals surface area contributed by atoms with Crippen LogP contribution in [-0.4, -0.2) is 34.3 Å². The quantitative estimate of drug-likeness (QED) is 0.815. The molecule has 0 spiro atoms. The Morgan fingerprint density at radius 1 is 1.44 bits per heavy atom. The second-order valence-electron chi connectivity index (χ2n) is 4.38. The van der Waals surface area contributed by atoms with E-state index in [1.54, 1.807) is 11.8 Å². The van der Waals surface area contributed by atoms with Crippen molar-refractivity contribution in [1.29, 1.82) is 0 Å². The highest BCUT2D eigenvalue weighted by atomic mass is 32.1. The number of amides is 2. The van der Waals surface area contributed by atoms with Crippen LogP contribution in [0.1, 0.15) is 34.6 Å². The molecule has 1 aliphatic rings. The molecule has 2 rings (SSSR count). The molecule has 6 nitrogen and oxygen atoms in total. The minimum Gasteiger partial charge on any atom is -0.375 e. The van der Waals surface area contributed by atoms with Crippen LogP contribution in [0.3, 0.4) is 0 Å². The number of aromatic nitrogens is 1. The van der Waals surface area contributed by atoms with Crippen molar-refractivity contribution in [2.24, 2.45) is 5.73 Å². The Balaban J connectivity index is 2.26. The van der Waals surface area contributed by atoms with Gasteiger partial charge in [-0.25, -0.2) is 4.98 Å². The van der Waals surface area contributed by atoms with Crippen molar-refractivity contribution in [2.45, 2.75) is 32.2 Å². The van der Waals surface area contributed by atoms with Crippen LogP contribution in [0, 0.1) is 6.92 Å². The number of nitrogens with zero attached hydrogens (tertiary/aromatic N) is 2. The fourth-order valence-electron chi connectivity index (χ4n) is 2.22. The molecule has 0 bridgehead atoms. The molecule has 2 heterocycles. The lowest BCUT2D eigenvalue weighted by molar-refractivity contribution is -0.123. The number of hydrogen-bond acceptors (Lipinski definition) is 5. The molecule has 1 saturated heterocycles. The first-order valence-electron chi connectivity index (χ1n) is 5.84. The molecule has 7 heteroatoms. The number of carbonyl (C=O) groups is 2. The number of anilines is 1. The number of aryl methyl sites for hydroxylation is 1. The van der Waals surface area contributed by atoms with Gasteiger partial charge in [0, 0.05) is 6.54 Å². The molecule has 1 aliphatic heterocycles. The zero-order valence-corrected chi connectivity index (χ0v) is 11.0. The molecule has 0 saturated carbocycles. The lowest BCUT2D eigenvalue weighted by atomic mass is 10.0. The summed E-state index contributed by atoms with van der Waals surface area (Å²) in [6.45, 7) is 2.30. The number of primary amides is 1. The van der Waals surface area contributed by atoms with Gasteiger partial charge in [-0.15, -0.1) is 0 Å². The van der Waals surface area contributed by atoms with E-state index >= 15 is 0 Å². The number of likely N-dealkylation sites (tertiary alicyclic amines) is 1. The summed E-state index contributed by atoms with van der Waals surface area (Å²) < 4.78 is 0. The molecule has 18 heavy (non-hydrogen) atoms. The zero-order valence-electron chi connectivity index (χ0n) is 10.2. The summed E-state index contributed by atoms with van der Waals surface area (Å²) in [6.07, 6.45) is 2.44. The lowest BCUT2D eigenvalue weighted by Gasteiger charge is -2.33. The normalized spacial score (nSPS) is 19.8. The standard InChI is InChI=1S/C11H16N4O2S/c1-6-8(18-11(13)14-6)10(17)15-5-3-2-4-7(15)9(12)16/h7H,2-5H2,1H3,(H2,12,16)(H2,13,14). The van der Waals surface area contributed by atoms with Gasteiger partial charge in [-0.3, -0.25) is 9.59 Å². The van der Waals surface area contributed by atoms with Crippen molar-refractivity contribution in [3.05, 3.63) is 10.6 Å². The fraction of sp³-hybridized carbons (Fsp3) is 0.545. The molecule has 0 aromatic carbocycles. The summed E-state index contributed by atoms with van der Waals surface area (Å²) >= 11 is 1.15. The number of hydrogen-bond donors (Lipinski definition) is 2. The van der Waals surface area contributed by atoms with E-state index in [1.165, 1.54) is 0 Å². The van der Waals surface area contributed by atoms with Gasteiger partial charge in [0.1, 0.15) is 10.9 Å². The van der Waals surface area contributed by atoms with Crippen LogP contribution in [0.25, 0.3) is 0 Å². The van der Waals surface area contributed by atoms with Gasteiger partial charge in [-0.2, -0.15) is 0 Å². The molecule has 1 aromatic heterocycles. The number of thiazole rings is 1. The van der Waals surface area contributed by atoms with Gasteiger partial charge in [0.05, 0.1) is 5.69 Å². The lowest BCUT2D eigenvalue weighted by Crippen LogP contribution is -2.50. The topological polar surface area (TPSA) is 102 Å². The van der Waals surface area contributed by atoms with Gasteiger partial charge in [-0.05, 0) is 26.2 Å². The molecular formula is C11H16N4O2S. The van der Waals surface area contributed by atoms with E-state index < -0.39 is 11.9 Å². The second-order valence-corrected chi connectivity index (χ2v) is 5.41. The van der Waals surface area contributed by atoms with Crippen LogP contribution in [0.5, 0.6) is 0 Å². The number of piperidine rings is 1. The highest BCUT2D eigenvalue weighted by molar-refractivity contribution is 7.17. The number of rotatable bonds is 2. The van der Waals surface area contributed by atoms with Gasteiger partial charge in [0.15, 0.2) is 5.13 Å². The predicted octanol–water partition coefficient (Wildman–Crippen LogP) is 0.514. The van der Waals surface area contributed by atoms with E-state index in [4.69, 9.17) is 11.5 Å². The molecule has 4 N–H and O–H groups in total. The van der Waals surface area contributed by atoms with Crippen molar-refractivity contribution in [3.8, 4) is 0 Å². The Hall–Kier alpha value is -1.63. The third kappa shape index (κ3) is 2.31. The molecule has 1 aromatic rings. The van der Waals surface area contributed by atoms with Crippen molar-refractivity contribution in [3.63, 3.8) is 0 Å². The third-order valence-corrected chi connectivity index (χ3v) is 4.07. The smallest absolute Gasteiger partial charge is 0.266 e. The van der Waals surface area contributed by atoms with Crippen LogP contribution in [0.2, 0.25) is 0 Å². The van der Waals surface area contributed by atoms with Gasteiger partial charge >= 0.3 is 0 Å². The van der Waals surface area contributed by atoms with Crippen LogP contribution < -0.4 is 11.5 Å². The van der Waals surface area contributed by atoms with Crippen LogP contribution in [-0.2, 0) is 4.79 Å². The Labute approximate surface area is 109 Å². The predicted molar refractivity (Wildman–Crippen MR) is 69.1 cm³/mol. The Morgan fingerprint density at radius 3 is 2.72 bits per heavy atom. The fourth-order valence-corrected chi connectivity index (χ4v) is 3.01. The highest BCUT2D eigenvalue weighted by Gasteiger charge is 2.32. The van der Waals surface area contributed by atoms with Gasteiger partial charge in [0.25, 0.3) is 5.91 Å². The molecule has 0 aliphatic carbocycles. The average Bonchev–Trinajstić information content (AvgIpc) is 2.67. The molecule has 1 fully saturated rings. The van der Waals surface area contributed by atoms with E-state index in [-0.39, 0.29) is 5.91 Å². The summed E-state index contributed by atoms with van der Waals surface area (Å²) in [5.74, 6) is -0.636. The first-order valence-corrected chi connectivity index (χ1v) is 6.65. The molecular weight excluding hydrogens is 252 g/mol. The average molecular weight is 268 g/mol. The summed E-state index contributed by atoms with van der Waals surface area (Å²) in [6, 6.07) is -0.506. The third-order valence-electron chi connectivity index (χ3n) is 3.10. The van der Waals surface area contributed by atoms with Crippen molar-refractivity contribution >= 4 is 28.3 Å². The Kier molecular flexibility index (Phi) is 3.51. The maximum atomic E-state index is 12.4. The van der Waals surface area contributed by atoms with Gasteiger partial charge < -0.3 is 16.4 Å². The SMILES string of the molecule is Cc1nc(N)sc1C(=O)N1CCCCC1C(N)=O. The van der Waals surface area contributed by atoms with E-state index in [0.717, 1.165) is 24.2 Å². The van der Waals surface area contributed by atoms with E-state index in [9.17, 15) is 9.59 Å². The molecule has 0 radical (unpaired) electrons. The molecule has 98 valence electrons. The Morgan fingerprint density at radius 2 is 2.17 bits per heavy atom. The summed E-state index contributed by atoms with van der Waals surface area (Å²) in [7, 11) is 0. The van der Waals surface area contributed by atoms with Gasteiger partial charge in [-0.1, -0.05) is 11.3 Å². The van der Waals surface area contributed by atoms with Gasteiger partial charge in [0.2, 0.25) is 5.91 Å². The van der Waals surface area contributed by atoms with Crippen molar-refractivity contribution in [1.82, 2.24) is 9.88 Å². The van der Waals surface area contributed by atoms with Crippen LogP contribution in [0.15, 0.2) is 0 Å². The molecule has 2 amide bonds. The summed E-state index contributed by atoms with van der Waals surface area (Å²) in [4.78, 5) is 29.8. The number of carbonyl (C=O) groups excluding carboxylic acids is 2. The largest absolute Gasteiger partial charge is 0.375 e. The van der Waals surface area contributed by atoms with E-state index in [1.807, 2.05) is 0 Å². The van der Waals surface area contributed by atoms with Crippen molar-refractivity contribution in [2.75, 3.05) is 12.3 Å². The molecule has 1 atom stereocenters. The summed E-state index contributed by atoms with van der Waals surface area (Å²) in [5.41, 5.74) is 11.5. The zero-order chi connectivity index (χ0) is 13.3. The molecule has 1 unspecified atom stereocenters. The van der Waals surface area contributed by atoms with Crippen LogP contribution in [0.4, 0.5) is 5.13 Å². The maximum absolute atomic E-state index is 12.4. The van der Waals surface area contributed by atoms with Crippen molar-refractivity contribution < 1.29 is 9.59 Å². The first kappa shape index (κ1) is 12.8. The number of nitrogens with two attached hydrogens (primary N) is 2. The van der Waals surface area contributed by atoms with Crippen LogP contribution >= 0.6 is 11.3 Å². The maximum Gasteiger partial charge on any atom is 0.266 e. The Bertz CT molecular complexity index is 485. The van der Waals surface area contributed by atoms with E-state index in [2.05, 4.69) is 4.98 Å². The number of nitrogen functional groups attached to an aromatic ring is 1. The second kappa shape index (κ2) is 4.93. The summed E-state index contributed by atoms with van der Waals surface area (Å²) in [5, 5.41) is 0.364. The monoisotopic (exact) mass is 268 g/mol.